The molecular formula is C24H20ClF3N5O3S. The van der Waals surface area contributed by atoms with Crippen LogP contribution in [0.15, 0.2) is 41.1 Å². The molecule has 193 valence electrons. The van der Waals surface area contributed by atoms with Crippen LogP contribution in [0, 0.1) is 6.07 Å². The number of oxime groups is 1. The number of hydrogen-bond acceptors (Lipinski definition) is 8. The third-order valence-corrected chi connectivity index (χ3v) is 7.46. The summed E-state index contributed by atoms with van der Waals surface area (Å²) in [5.74, 6) is -0.0701. The van der Waals surface area contributed by atoms with Crippen molar-refractivity contribution in [1.29, 1.82) is 0 Å². The minimum atomic E-state index is -4.53. The summed E-state index contributed by atoms with van der Waals surface area (Å²) >= 11 is 7.81. The molecule has 8 nitrogen and oxygen atoms in total. The first-order chi connectivity index (χ1) is 17.8. The number of likely N-dealkylation sites (tertiary alicyclic amines) is 1. The largest absolute Gasteiger partial charge is 0.453 e. The van der Waals surface area contributed by atoms with Crippen molar-refractivity contribution in [3.63, 3.8) is 0 Å². The molecule has 2 aliphatic heterocycles. The Morgan fingerprint density at radius 2 is 2.03 bits per heavy atom. The van der Waals surface area contributed by atoms with E-state index in [9.17, 15) is 18.0 Å². The van der Waals surface area contributed by atoms with Crippen molar-refractivity contribution < 1.29 is 27.5 Å². The Balaban J connectivity index is 1.10. The average molecular weight is 551 g/mol. The van der Waals surface area contributed by atoms with Crippen molar-refractivity contribution in [3.8, 4) is 6.01 Å². The van der Waals surface area contributed by atoms with Crippen LogP contribution >= 0.6 is 22.9 Å². The van der Waals surface area contributed by atoms with Crippen LogP contribution in [-0.2, 0) is 15.8 Å². The van der Waals surface area contributed by atoms with Crippen LogP contribution in [0.1, 0.15) is 53.1 Å². The summed E-state index contributed by atoms with van der Waals surface area (Å²) in [6, 6.07) is 8.23. The summed E-state index contributed by atoms with van der Waals surface area (Å²) in [5, 5.41) is 7.74. The summed E-state index contributed by atoms with van der Waals surface area (Å²) in [4.78, 5) is 31.6. The predicted molar refractivity (Wildman–Crippen MR) is 128 cm³/mol. The molecule has 0 spiro atoms. The zero-order valence-electron chi connectivity index (χ0n) is 19.2. The van der Waals surface area contributed by atoms with Gasteiger partial charge in [0, 0.05) is 53.8 Å². The molecule has 1 radical (unpaired) electrons. The molecule has 1 atom stereocenters. The minimum Gasteiger partial charge on any atom is -0.453 e. The first kappa shape index (κ1) is 25.4. The fourth-order valence-corrected chi connectivity index (χ4v) is 5.35. The number of aromatic nitrogens is 3. The lowest BCUT2D eigenvalue weighted by molar-refractivity contribution is -0.138. The Morgan fingerprint density at radius 3 is 2.73 bits per heavy atom. The van der Waals surface area contributed by atoms with Gasteiger partial charge in [0.2, 0.25) is 0 Å². The second-order valence-corrected chi connectivity index (χ2v) is 9.83. The third kappa shape index (κ3) is 5.85. The monoisotopic (exact) mass is 550 g/mol. The highest BCUT2D eigenvalue weighted by molar-refractivity contribution is 7.10. The van der Waals surface area contributed by atoms with E-state index in [1.165, 1.54) is 0 Å². The maximum atomic E-state index is 12.6. The summed E-state index contributed by atoms with van der Waals surface area (Å²) < 4.78 is 43.0. The molecule has 0 bridgehead atoms. The molecule has 1 fully saturated rings. The Bertz CT molecular complexity index is 1290. The predicted octanol–water partition coefficient (Wildman–Crippen LogP) is 5.06. The van der Waals surface area contributed by atoms with Crippen LogP contribution in [0.3, 0.4) is 0 Å². The highest BCUT2D eigenvalue weighted by Crippen LogP contribution is 2.35. The van der Waals surface area contributed by atoms with Gasteiger partial charge in [0.05, 0.1) is 16.3 Å². The lowest BCUT2D eigenvalue weighted by Crippen LogP contribution is -2.40. The zero-order valence-corrected chi connectivity index (χ0v) is 20.8. The van der Waals surface area contributed by atoms with Crippen molar-refractivity contribution >= 4 is 34.6 Å². The molecule has 3 aromatic rings. The highest BCUT2D eigenvalue weighted by atomic mass is 35.5. The van der Waals surface area contributed by atoms with E-state index < -0.39 is 11.7 Å². The fraction of sp³-hybridized carbons (Fsp3) is 0.375. The molecule has 0 N–H and O–H groups in total. The number of nitrogens with zero attached hydrogens (tertiary/aromatic N) is 5. The number of benzene rings is 1. The van der Waals surface area contributed by atoms with E-state index >= 15 is 0 Å². The van der Waals surface area contributed by atoms with E-state index in [2.05, 4.69) is 21.2 Å². The molecule has 0 saturated carbocycles. The van der Waals surface area contributed by atoms with E-state index in [1.54, 1.807) is 28.4 Å². The second-order valence-electron chi connectivity index (χ2n) is 8.53. The molecule has 0 aliphatic carbocycles. The maximum absolute atomic E-state index is 12.6. The summed E-state index contributed by atoms with van der Waals surface area (Å²) in [6.45, 7) is 0.690. The normalized spacial score (nSPS) is 18.4. The molecule has 1 aromatic carbocycles. The Labute approximate surface area is 219 Å². The quantitative estimate of drug-likeness (QED) is 0.426. The average Bonchev–Trinajstić information content (AvgIpc) is 3.58. The van der Waals surface area contributed by atoms with Gasteiger partial charge in [-0.1, -0.05) is 28.9 Å². The van der Waals surface area contributed by atoms with Crippen molar-refractivity contribution in [2.24, 2.45) is 5.16 Å². The van der Waals surface area contributed by atoms with Crippen LogP contribution in [-0.4, -0.2) is 51.2 Å². The molecule has 13 heteroatoms. The number of ether oxygens (including phenoxy) is 1. The number of halogens is 4. The van der Waals surface area contributed by atoms with Crippen molar-refractivity contribution in [2.75, 3.05) is 19.7 Å². The smallest absolute Gasteiger partial charge is 0.419 e. The number of carbonyl (C=O) groups is 1. The lowest BCUT2D eigenvalue weighted by atomic mass is 9.97. The van der Waals surface area contributed by atoms with Crippen LogP contribution in [0.25, 0.3) is 0 Å². The molecule has 37 heavy (non-hydrogen) atoms. The molecule has 1 saturated heterocycles. The molecule has 2 aliphatic rings. The fourth-order valence-electron chi connectivity index (χ4n) is 4.10. The number of alkyl halides is 3. The van der Waals surface area contributed by atoms with Gasteiger partial charge >= 0.3 is 12.2 Å². The Kier molecular flexibility index (Phi) is 7.29. The van der Waals surface area contributed by atoms with Gasteiger partial charge in [0.25, 0.3) is 5.91 Å². The van der Waals surface area contributed by atoms with Crippen LogP contribution in [0.4, 0.5) is 13.2 Å². The number of thiazole rings is 1. The molecule has 2 aromatic heterocycles. The van der Waals surface area contributed by atoms with Crippen LogP contribution in [0.2, 0.25) is 5.02 Å². The van der Waals surface area contributed by atoms with Crippen molar-refractivity contribution in [2.45, 2.75) is 37.5 Å². The van der Waals surface area contributed by atoms with E-state index in [-0.39, 0.29) is 30.5 Å². The number of hydrogen-bond donors (Lipinski definition) is 0. The first-order valence-corrected chi connectivity index (χ1v) is 12.7. The third-order valence-electron chi connectivity index (χ3n) is 6.12. The van der Waals surface area contributed by atoms with Gasteiger partial charge in [0.1, 0.15) is 5.71 Å². The minimum absolute atomic E-state index is 0.206. The van der Waals surface area contributed by atoms with Crippen LogP contribution < -0.4 is 4.74 Å². The van der Waals surface area contributed by atoms with E-state index in [4.69, 9.17) is 26.2 Å². The molecule has 5 rings (SSSR count). The van der Waals surface area contributed by atoms with Gasteiger partial charge in [-0.3, -0.25) is 4.79 Å². The van der Waals surface area contributed by atoms with Crippen LogP contribution in [0.5, 0.6) is 6.01 Å². The first-order valence-electron chi connectivity index (χ1n) is 11.4. The highest BCUT2D eigenvalue weighted by Gasteiger charge is 2.32. The molecular weight excluding hydrogens is 531 g/mol. The lowest BCUT2D eigenvalue weighted by Gasteiger charge is -2.31. The summed E-state index contributed by atoms with van der Waals surface area (Å²) in [6.07, 6.45) is -1.56. The van der Waals surface area contributed by atoms with E-state index in [0.717, 1.165) is 34.8 Å². The summed E-state index contributed by atoms with van der Waals surface area (Å²) in [7, 11) is 0. The van der Waals surface area contributed by atoms with Gasteiger partial charge in [-0.15, -0.1) is 11.3 Å². The van der Waals surface area contributed by atoms with Crippen molar-refractivity contribution in [3.05, 3.63) is 68.9 Å². The molecule has 1 unspecified atom stereocenters. The van der Waals surface area contributed by atoms with Gasteiger partial charge in [-0.2, -0.15) is 13.2 Å². The topological polar surface area (TPSA) is 89.8 Å². The Hall–Kier alpha value is -3.25. The van der Waals surface area contributed by atoms with Gasteiger partial charge in [0.15, 0.2) is 12.7 Å². The second kappa shape index (κ2) is 10.6. The zero-order chi connectivity index (χ0) is 26.0. The van der Waals surface area contributed by atoms with Gasteiger partial charge in [-0.05, 0) is 25.0 Å². The molecule has 4 heterocycles. The van der Waals surface area contributed by atoms with Crippen molar-refractivity contribution in [1.82, 2.24) is 19.9 Å². The van der Waals surface area contributed by atoms with Gasteiger partial charge < -0.3 is 14.5 Å². The number of carbonyl (C=O) groups excluding carboxylic acids is 1. The maximum Gasteiger partial charge on any atom is 0.419 e. The number of rotatable bonds is 6. The standard InChI is InChI=1S/C24H20ClF3N5O3S/c25-17-4-2-1-3-16(17)20-9-18(32-36-20)19-13-37-22(31-19)14-5-7-33(8-6-14)21(34)12-35-23-29-10-15(11-30-23)24(26,27)28/h1-2,4,10-11,13-14,20H,5-9,12H2. The van der Waals surface area contributed by atoms with E-state index in [0.29, 0.717) is 36.9 Å². The molecule has 1 amide bonds. The van der Waals surface area contributed by atoms with Gasteiger partial charge in [-0.25, -0.2) is 15.0 Å². The SMILES string of the molecule is O=C(COc1ncc(C(F)(F)F)cn1)N1CCC(c2nc(C3=NOC(c4[c]cccc4Cl)C3)cs2)CC1. The summed E-state index contributed by atoms with van der Waals surface area (Å²) in [5.41, 5.74) is 1.32. The number of amides is 1. The van der Waals surface area contributed by atoms with E-state index in [1.807, 2.05) is 11.4 Å². The Morgan fingerprint density at radius 1 is 1.27 bits per heavy atom. The number of piperidine rings is 1.